The van der Waals surface area contributed by atoms with Gasteiger partial charge in [-0.2, -0.15) is 4.91 Å². The molecule has 1 saturated carbocycles. The average molecular weight is 408 g/mol. The number of carbonyl (C=O) groups is 2. The summed E-state index contributed by atoms with van der Waals surface area (Å²) in [6.07, 6.45) is 2.29. The molecule has 0 bridgehead atoms. The highest BCUT2D eigenvalue weighted by Crippen LogP contribution is 2.29. The second kappa shape index (κ2) is 10.1. The van der Waals surface area contributed by atoms with Crippen molar-refractivity contribution in [2.45, 2.75) is 51.1 Å². The quantitative estimate of drug-likeness (QED) is 0.647. The number of benzene rings is 2. The van der Waals surface area contributed by atoms with Crippen LogP contribution in [-0.4, -0.2) is 24.4 Å². The molecule has 0 aromatic heterocycles. The van der Waals surface area contributed by atoms with Gasteiger partial charge in [-0.3, -0.25) is 9.59 Å². The molecule has 2 aromatic carbocycles. The monoisotopic (exact) mass is 407 g/mol. The van der Waals surface area contributed by atoms with Crippen LogP contribution in [0.1, 0.15) is 61.8 Å². The highest BCUT2D eigenvalue weighted by atomic mass is 16.3. The zero-order valence-corrected chi connectivity index (χ0v) is 17.5. The number of nitrogens with zero attached hydrogens (tertiary/aromatic N) is 1. The molecule has 6 nitrogen and oxygen atoms in total. The molecule has 2 N–H and O–H groups in total. The molecule has 3 rings (SSSR count). The maximum atomic E-state index is 13.2. The van der Waals surface area contributed by atoms with Gasteiger partial charge in [-0.15, -0.1) is 0 Å². The fraction of sp³-hybridized carbons (Fsp3) is 0.417. The van der Waals surface area contributed by atoms with Gasteiger partial charge in [0.1, 0.15) is 0 Å². The van der Waals surface area contributed by atoms with E-state index < -0.39 is 12.5 Å². The molecule has 0 unspecified atom stereocenters. The van der Waals surface area contributed by atoms with Crippen molar-refractivity contribution in [1.29, 1.82) is 0 Å². The fourth-order valence-electron chi connectivity index (χ4n) is 4.08. The lowest BCUT2D eigenvalue weighted by Gasteiger charge is -2.25. The van der Waals surface area contributed by atoms with Crippen LogP contribution in [0.5, 0.6) is 0 Å². The predicted molar refractivity (Wildman–Crippen MR) is 117 cm³/mol. The van der Waals surface area contributed by atoms with Gasteiger partial charge in [-0.25, -0.2) is 0 Å². The van der Waals surface area contributed by atoms with Gasteiger partial charge in [0.2, 0.25) is 11.8 Å². The molecule has 0 spiro atoms. The van der Waals surface area contributed by atoms with Crippen LogP contribution in [0.15, 0.2) is 59.8 Å². The third kappa shape index (κ3) is 5.32. The molecule has 30 heavy (non-hydrogen) atoms. The molecule has 1 aliphatic rings. The van der Waals surface area contributed by atoms with Crippen LogP contribution in [0.25, 0.3) is 0 Å². The highest BCUT2D eigenvalue weighted by Gasteiger charge is 2.35. The van der Waals surface area contributed by atoms with E-state index in [2.05, 4.69) is 53.9 Å². The number of hydrogen-bond donors (Lipinski definition) is 2. The second-order valence-corrected chi connectivity index (χ2v) is 8.17. The third-order valence-corrected chi connectivity index (χ3v) is 5.76. The van der Waals surface area contributed by atoms with Crippen molar-refractivity contribution in [3.8, 4) is 0 Å². The Labute approximate surface area is 177 Å². The van der Waals surface area contributed by atoms with Gasteiger partial charge in [0.15, 0.2) is 6.54 Å². The van der Waals surface area contributed by atoms with E-state index in [0.717, 1.165) is 24.0 Å². The van der Waals surface area contributed by atoms with E-state index in [9.17, 15) is 14.5 Å². The van der Waals surface area contributed by atoms with Crippen LogP contribution in [0.4, 0.5) is 0 Å². The van der Waals surface area contributed by atoms with Crippen LogP contribution in [0.3, 0.4) is 0 Å². The number of carbonyl (C=O) groups excluding carboxylic acids is 2. The highest BCUT2D eigenvalue weighted by molar-refractivity contribution is 5.83. The summed E-state index contributed by atoms with van der Waals surface area (Å²) < 4.78 is 0. The Bertz CT molecular complexity index is 865. The molecule has 1 fully saturated rings. The Morgan fingerprint density at radius 1 is 0.967 bits per heavy atom. The van der Waals surface area contributed by atoms with E-state index in [1.165, 1.54) is 5.56 Å². The summed E-state index contributed by atoms with van der Waals surface area (Å²) in [7, 11) is 0. The van der Waals surface area contributed by atoms with Crippen molar-refractivity contribution in [2.75, 3.05) is 6.54 Å². The Morgan fingerprint density at radius 2 is 1.60 bits per heavy atom. The lowest BCUT2D eigenvalue weighted by Crippen LogP contribution is -2.45. The largest absolute Gasteiger partial charge is 0.351 e. The zero-order valence-electron chi connectivity index (χ0n) is 17.5. The van der Waals surface area contributed by atoms with Gasteiger partial charge in [0.05, 0.1) is 12.0 Å². The van der Waals surface area contributed by atoms with Crippen molar-refractivity contribution in [1.82, 2.24) is 10.6 Å². The van der Waals surface area contributed by atoms with Gasteiger partial charge >= 0.3 is 0 Å². The van der Waals surface area contributed by atoms with Crippen molar-refractivity contribution in [2.24, 2.45) is 11.1 Å². The minimum atomic E-state index is -0.432. The summed E-state index contributed by atoms with van der Waals surface area (Å²) in [6, 6.07) is 17.7. The molecular formula is C24H29N3O3. The van der Waals surface area contributed by atoms with Crippen molar-refractivity contribution >= 4 is 11.8 Å². The average Bonchev–Trinajstić information content (AvgIpc) is 3.21. The summed E-state index contributed by atoms with van der Waals surface area (Å²) >= 11 is 0. The molecule has 158 valence electrons. The number of nitrogens with one attached hydrogen (secondary N) is 2. The Morgan fingerprint density at radius 3 is 2.23 bits per heavy atom. The number of nitroso groups, excluding NO2 is 1. The van der Waals surface area contributed by atoms with Crippen molar-refractivity contribution in [3.63, 3.8) is 0 Å². The van der Waals surface area contributed by atoms with Crippen LogP contribution in [0, 0.1) is 10.8 Å². The summed E-state index contributed by atoms with van der Waals surface area (Å²) in [6.45, 7) is 3.89. The number of hydrogen-bond acceptors (Lipinski definition) is 4. The van der Waals surface area contributed by atoms with Gasteiger partial charge in [0, 0.05) is 6.04 Å². The molecule has 0 aliphatic heterocycles. The van der Waals surface area contributed by atoms with Crippen LogP contribution < -0.4 is 10.6 Å². The number of rotatable bonds is 8. The Balaban J connectivity index is 1.80. The first-order valence-corrected chi connectivity index (χ1v) is 10.5. The van der Waals surface area contributed by atoms with E-state index in [-0.39, 0.29) is 23.9 Å². The first-order valence-electron chi connectivity index (χ1n) is 10.5. The molecule has 0 radical (unpaired) electrons. The normalized spacial score (nSPS) is 19.3. The van der Waals surface area contributed by atoms with E-state index in [0.29, 0.717) is 12.3 Å². The second-order valence-electron chi connectivity index (χ2n) is 8.17. The van der Waals surface area contributed by atoms with Gasteiger partial charge < -0.3 is 10.6 Å². The lowest BCUT2D eigenvalue weighted by atomic mass is 9.94. The summed E-state index contributed by atoms with van der Waals surface area (Å²) in [5.74, 6) is -0.397. The maximum absolute atomic E-state index is 13.2. The summed E-state index contributed by atoms with van der Waals surface area (Å²) in [5, 5.41) is 8.62. The van der Waals surface area contributed by atoms with Crippen LogP contribution >= 0.6 is 0 Å². The van der Waals surface area contributed by atoms with Crippen LogP contribution in [0.2, 0.25) is 0 Å². The first-order chi connectivity index (χ1) is 14.5. The topological polar surface area (TPSA) is 87.6 Å². The van der Waals surface area contributed by atoms with Gasteiger partial charge in [-0.05, 0) is 35.4 Å². The van der Waals surface area contributed by atoms with Gasteiger partial charge in [0.25, 0.3) is 0 Å². The zero-order chi connectivity index (χ0) is 21.5. The Hall–Kier alpha value is -3.02. The van der Waals surface area contributed by atoms with Crippen LogP contribution in [-0.2, 0) is 9.59 Å². The van der Waals surface area contributed by atoms with Crippen molar-refractivity contribution in [3.05, 3.63) is 76.2 Å². The van der Waals surface area contributed by atoms with E-state index >= 15 is 0 Å². The van der Waals surface area contributed by atoms with Crippen molar-refractivity contribution < 1.29 is 9.59 Å². The lowest BCUT2D eigenvalue weighted by molar-refractivity contribution is -0.126. The third-order valence-electron chi connectivity index (χ3n) is 5.76. The minimum absolute atomic E-state index is 0.0846. The Kier molecular flexibility index (Phi) is 7.33. The summed E-state index contributed by atoms with van der Waals surface area (Å²) in [4.78, 5) is 35.3. The minimum Gasteiger partial charge on any atom is -0.351 e. The molecule has 0 saturated heterocycles. The van der Waals surface area contributed by atoms with E-state index in [1.54, 1.807) is 0 Å². The smallest absolute Gasteiger partial charge is 0.245 e. The number of amides is 2. The SMILES string of the molecule is CC(C)c1ccc([C@@H](NC(=O)[C@@H]2CCC[C@@H]2NC(=O)CN=O)c2ccccc2)cc1. The molecule has 6 heteroatoms. The molecular weight excluding hydrogens is 378 g/mol. The molecule has 0 heterocycles. The predicted octanol–water partition coefficient (Wildman–Crippen LogP) is 4.07. The molecule has 3 atom stereocenters. The standard InChI is InChI=1S/C24H29N3O3/c1-16(2)17-11-13-19(14-12-17)23(18-7-4-3-5-8-18)27-24(29)20-9-6-10-21(20)26-22(28)15-25-30/h3-5,7-8,11-14,16,20-21,23H,6,9-10,15H2,1-2H3,(H,26,28)(H,27,29)/t20-,21+,23+/m1/s1. The first kappa shape index (κ1) is 21.7. The maximum Gasteiger partial charge on any atom is 0.245 e. The van der Waals surface area contributed by atoms with Gasteiger partial charge in [-0.1, -0.05) is 80.0 Å². The summed E-state index contributed by atoms with van der Waals surface area (Å²) in [5.41, 5.74) is 3.27. The molecule has 1 aliphatic carbocycles. The molecule has 2 aromatic rings. The van der Waals surface area contributed by atoms with E-state index in [1.807, 2.05) is 30.3 Å². The van der Waals surface area contributed by atoms with E-state index in [4.69, 9.17) is 0 Å². The fourth-order valence-corrected chi connectivity index (χ4v) is 4.08. The molecule has 2 amide bonds.